The quantitative estimate of drug-likeness (QED) is 0.426. The van der Waals surface area contributed by atoms with Gasteiger partial charge in [0.15, 0.2) is 0 Å². The first-order valence-corrected chi connectivity index (χ1v) is 9.66. The molecule has 164 valence electrons. The average molecular weight is 416 g/mol. The van der Waals surface area contributed by atoms with Crippen molar-refractivity contribution in [3.63, 3.8) is 0 Å². The summed E-state index contributed by atoms with van der Waals surface area (Å²) in [5.41, 5.74) is 1.22. The summed E-state index contributed by atoms with van der Waals surface area (Å²) < 4.78 is 4.40. The first-order valence-electron chi connectivity index (χ1n) is 9.66. The molecule has 7 nitrogen and oxygen atoms in total. The molecule has 0 fully saturated rings. The molecule has 0 aliphatic heterocycles. The van der Waals surface area contributed by atoms with E-state index in [1.54, 1.807) is 13.0 Å². The van der Waals surface area contributed by atoms with Gasteiger partial charge in [-0.1, -0.05) is 75.4 Å². The van der Waals surface area contributed by atoms with Crippen LogP contribution >= 0.6 is 0 Å². The third-order valence-corrected chi connectivity index (χ3v) is 4.05. The molecule has 1 atom stereocenters. The minimum Gasteiger partial charge on any atom is -0.464 e. The molecule has 1 aromatic carbocycles. The molecule has 2 amide bonds. The lowest BCUT2D eigenvalue weighted by molar-refractivity contribution is -0.137. The van der Waals surface area contributed by atoms with E-state index in [1.807, 2.05) is 18.2 Å². The molecule has 0 heterocycles. The van der Waals surface area contributed by atoms with Crippen LogP contribution in [0.1, 0.15) is 32.8 Å². The normalized spacial score (nSPS) is 11.2. The Morgan fingerprint density at radius 2 is 1.63 bits per heavy atom. The van der Waals surface area contributed by atoms with E-state index in [2.05, 4.69) is 66.7 Å². The van der Waals surface area contributed by atoms with E-state index in [9.17, 15) is 14.4 Å². The van der Waals surface area contributed by atoms with Crippen molar-refractivity contribution in [1.82, 2.24) is 16.0 Å². The fourth-order valence-corrected chi connectivity index (χ4v) is 1.92. The number of hydrogen-bond donors (Lipinski definition) is 3. The minimum atomic E-state index is -0.776. The summed E-state index contributed by atoms with van der Waals surface area (Å²) in [5.74, 6) is -1.60. The van der Waals surface area contributed by atoms with Gasteiger partial charge in [-0.2, -0.15) is 0 Å². The van der Waals surface area contributed by atoms with Crippen LogP contribution in [0.5, 0.6) is 0 Å². The van der Waals surface area contributed by atoms with Gasteiger partial charge in [-0.05, 0) is 19.8 Å². The number of aryl methyl sites for hydroxylation is 1. The lowest BCUT2D eigenvalue weighted by atomic mass is 10.1. The molecule has 0 spiro atoms. The van der Waals surface area contributed by atoms with Crippen LogP contribution in [0.3, 0.4) is 0 Å². The van der Waals surface area contributed by atoms with E-state index in [-0.39, 0.29) is 11.4 Å². The van der Waals surface area contributed by atoms with Crippen molar-refractivity contribution in [3.05, 3.63) is 72.2 Å². The summed E-state index contributed by atoms with van der Waals surface area (Å²) in [7, 11) is 1.16. The van der Waals surface area contributed by atoms with Gasteiger partial charge < -0.3 is 20.7 Å². The maximum absolute atomic E-state index is 12.1. The molecule has 0 aromatic heterocycles. The molecule has 0 unspecified atom stereocenters. The van der Waals surface area contributed by atoms with E-state index < -0.39 is 17.8 Å². The number of amides is 2. The number of hydrogen-bond acceptors (Lipinski definition) is 5. The Hall–Kier alpha value is -3.35. The smallest absolute Gasteiger partial charge is 0.353 e. The molecule has 3 N–H and O–H groups in total. The Kier molecular flexibility index (Phi) is 13.0. The topological polar surface area (TPSA) is 96.5 Å². The highest BCUT2D eigenvalue weighted by Gasteiger charge is 2.17. The van der Waals surface area contributed by atoms with Gasteiger partial charge in [0.2, 0.25) is 0 Å². The first-order chi connectivity index (χ1) is 14.2. The third-order valence-electron chi connectivity index (χ3n) is 4.05. The highest BCUT2D eigenvalue weighted by molar-refractivity contribution is 6.04. The van der Waals surface area contributed by atoms with Crippen molar-refractivity contribution >= 4 is 17.8 Å². The largest absolute Gasteiger partial charge is 0.464 e. The molecule has 1 aromatic rings. The summed E-state index contributed by atoms with van der Waals surface area (Å²) in [4.78, 5) is 35.0. The molecular weight excluding hydrogens is 382 g/mol. The standard InChI is InChI=1S/C16H25N3O4.C7H8/c1-7-10(3)9-17-13(8-2)15(21)18-11(4)14(20)19-12(5)16(22)23-6;1-7-5-3-2-4-6-7/h8,10,17H,4-5,7,9H2,1-3,6H3,(H,18,21)(H,19,20);2-6H,1H3/b13-8-;/t10-;/m1./s1. The van der Waals surface area contributed by atoms with E-state index in [0.29, 0.717) is 18.2 Å². The van der Waals surface area contributed by atoms with Crippen LogP contribution in [-0.4, -0.2) is 31.4 Å². The monoisotopic (exact) mass is 415 g/mol. The number of methoxy groups -OCH3 is 1. The zero-order valence-electron chi connectivity index (χ0n) is 18.5. The van der Waals surface area contributed by atoms with Crippen LogP contribution < -0.4 is 16.0 Å². The SMILES string of the molecule is C=C(NC(=O)/C(=C/C)NC[C@H](C)CC)C(=O)NC(=C)C(=O)OC.Cc1ccccc1. The predicted octanol–water partition coefficient (Wildman–Crippen LogP) is 2.95. The van der Waals surface area contributed by atoms with E-state index in [4.69, 9.17) is 0 Å². The second-order valence-corrected chi connectivity index (χ2v) is 6.61. The number of rotatable bonds is 9. The zero-order chi connectivity index (χ0) is 23.1. The second-order valence-electron chi connectivity index (χ2n) is 6.61. The van der Waals surface area contributed by atoms with Crippen LogP contribution in [-0.2, 0) is 19.1 Å². The van der Waals surface area contributed by atoms with Crippen molar-refractivity contribution in [3.8, 4) is 0 Å². The molecular formula is C23H33N3O4. The summed E-state index contributed by atoms with van der Waals surface area (Å²) in [6, 6.07) is 10.3. The Bertz CT molecular complexity index is 770. The van der Waals surface area contributed by atoms with Crippen molar-refractivity contribution in [2.45, 2.75) is 34.1 Å². The molecule has 0 saturated carbocycles. The summed E-state index contributed by atoms with van der Waals surface area (Å²) in [6.07, 6.45) is 2.59. The maximum atomic E-state index is 12.1. The van der Waals surface area contributed by atoms with E-state index in [0.717, 1.165) is 13.5 Å². The molecule has 7 heteroatoms. The van der Waals surface area contributed by atoms with Gasteiger partial charge in [0.1, 0.15) is 5.70 Å². The van der Waals surface area contributed by atoms with Crippen LogP contribution in [0.2, 0.25) is 0 Å². The Balaban J connectivity index is 0.000001000. The van der Waals surface area contributed by atoms with Crippen LogP contribution in [0.25, 0.3) is 0 Å². The zero-order valence-corrected chi connectivity index (χ0v) is 18.5. The van der Waals surface area contributed by atoms with Crippen LogP contribution in [0, 0.1) is 12.8 Å². The van der Waals surface area contributed by atoms with Crippen LogP contribution in [0.4, 0.5) is 0 Å². The maximum Gasteiger partial charge on any atom is 0.353 e. The van der Waals surface area contributed by atoms with Gasteiger partial charge >= 0.3 is 5.97 Å². The number of allylic oxidation sites excluding steroid dienone is 1. The van der Waals surface area contributed by atoms with Crippen molar-refractivity contribution < 1.29 is 19.1 Å². The minimum absolute atomic E-state index is 0.204. The molecule has 0 aliphatic rings. The second kappa shape index (κ2) is 14.6. The van der Waals surface area contributed by atoms with Gasteiger partial charge in [0.05, 0.1) is 18.5 Å². The van der Waals surface area contributed by atoms with Crippen molar-refractivity contribution in [2.75, 3.05) is 13.7 Å². The van der Waals surface area contributed by atoms with Gasteiger partial charge in [-0.15, -0.1) is 0 Å². The highest BCUT2D eigenvalue weighted by Crippen LogP contribution is 2.01. The summed E-state index contributed by atoms with van der Waals surface area (Å²) in [5, 5.41) is 7.57. The number of benzene rings is 1. The van der Waals surface area contributed by atoms with Crippen LogP contribution in [0.15, 0.2) is 66.7 Å². The molecule has 30 heavy (non-hydrogen) atoms. The molecule has 0 saturated heterocycles. The van der Waals surface area contributed by atoms with E-state index in [1.165, 1.54) is 5.56 Å². The van der Waals surface area contributed by atoms with E-state index >= 15 is 0 Å². The van der Waals surface area contributed by atoms with Crippen molar-refractivity contribution in [2.24, 2.45) is 5.92 Å². The number of carbonyl (C=O) groups is 3. The fraction of sp³-hybridized carbons (Fsp3) is 0.348. The van der Waals surface area contributed by atoms with Gasteiger partial charge in [0.25, 0.3) is 11.8 Å². The predicted molar refractivity (Wildman–Crippen MR) is 119 cm³/mol. The third kappa shape index (κ3) is 10.8. The number of nitrogens with one attached hydrogen (secondary N) is 3. The van der Waals surface area contributed by atoms with Gasteiger partial charge in [0, 0.05) is 6.54 Å². The number of carbonyl (C=O) groups excluding carboxylic acids is 3. The highest BCUT2D eigenvalue weighted by atomic mass is 16.5. The summed E-state index contributed by atoms with van der Waals surface area (Å²) in [6.45, 7) is 15.4. The molecule has 0 bridgehead atoms. The lowest BCUT2D eigenvalue weighted by Crippen LogP contribution is -2.38. The Labute approximate surface area is 179 Å². The molecule has 0 radical (unpaired) electrons. The fourth-order valence-electron chi connectivity index (χ4n) is 1.92. The number of esters is 1. The molecule has 1 rings (SSSR count). The number of ether oxygens (including phenoxy) is 1. The average Bonchev–Trinajstić information content (AvgIpc) is 2.74. The van der Waals surface area contributed by atoms with Crippen molar-refractivity contribution in [1.29, 1.82) is 0 Å². The summed E-state index contributed by atoms with van der Waals surface area (Å²) >= 11 is 0. The Morgan fingerprint density at radius 1 is 1.07 bits per heavy atom. The van der Waals surface area contributed by atoms with Gasteiger partial charge in [-0.3, -0.25) is 9.59 Å². The Morgan fingerprint density at radius 3 is 2.07 bits per heavy atom. The van der Waals surface area contributed by atoms with Gasteiger partial charge in [-0.25, -0.2) is 4.79 Å². The first kappa shape index (κ1) is 26.6. The lowest BCUT2D eigenvalue weighted by Gasteiger charge is -2.15. The molecule has 0 aliphatic carbocycles.